The number of amides is 1. The van der Waals surface area contributed by atoms with E-state index >= 15 is 0 Å². The second kappa shape index (κ2) is 11.8. The summed E-state index contributed by atoms with van der Waals surface area (Å²) in [7, 11) is 3.90. The van der Waals surface area contributed by atoms with Gasteiger partial charge in [0.05, 0.1) is 18.7 Å². The monoisotopic (exact) mass is 560 g/mol. The van der Waals surface area contributed by atoms with E-state index in [4.69, 9.17) is 10.3 Å². The molecular formula is C26H28F4N8O2. The molecule has 1 aromatic carbocycles. The normalized spacial score (nSPS) is 15.0. The van der Waals surface area contributed by atoms with Crippen LogP contribution >= 0.6 is 0 Å². The van der Waals surface area contributed by atoms with Gasteiger partial charge in [0.15, 0.2) is 11.6 Å². The van der Waals surface area contributed by atoms with Crippen molar-refractivity contribution in [2.45, 2.75) is 30.9 Å². The van der Waals surface area contributed by atoms with Crippen molar-refractivity contribution in [3.05, 3.63) is 65.7 Å². The number of hydrogen-bond donors (Lipinski definition) is 3. The fraction of sp³-hybridized carbons (Fsp3) is 0.346. The van der Waals surface area contributed by atoms with E-state index in [1.165, 1.54) is 30.7 Å². The third-order valence-corrected chi connectivity index (χ3v) is 6.27. The zero-order valence-electron chi connectivity index (χ0n) is 21.8. The largest absolute Gasteiger partial charge is 0.403 e. The van der Waals surface area contributed by atoms with Gasteiger partial charge in [0.2, 0.25) is 11.9 Å². The predicted octanol–water partition coefficient (Wildman–Crippen LogP) is 3.89. The van der Waals surface area contributed by atoms with E-state index in [-0.39, 0.29) is 42.4 Å². The Morgan fingerprint density at radius 3 is 2.50 bits per heavy atom. The number of anilines is 2. The van der Waals surface area contributed by atoms with Crippen molar-refractivity contribution in [2.75, 3.05) is 37.8 Å². The fourth-order valence-electron chi connectivity index (χ4n) is 3.79. The van der Waals surface area contributed by atoms with E-state index in [2.05, 4.69) is 30.8 Å². The van der Waals surface area contributed by atoms with Crippen LogP contribution < -0.4 is 16.4 Å². The highest BCUT2D eigenvalue weighted by Gasteiger charge is 2.66. The van der Waals surface area contributed by atoms with Crippen molar-refractivity contribution >= 4 is 23.9 Å². The van der Waals surface area contributed by atoms with Crippen LogP contribution in [0, 0.1) is 5.82 Å². The number of nitrogens with zero attached hydrogens (tertiary/aromatic N) is 5. The van der Waals surface area contributed by atoms with Crippen LogP contribution in [0.15, 0.2) is 58.1 Å². The van der Waals surface area contributed by atoms with E-state index in [0.29, 0.717) is 23.4 Å². The molecule has 0 bridgehead atoms. The Bertz CT molecular complexity index is 1400. The summed E-state index contributed by atoms with van der Waals surface area (Å²) in [6, 6.07) is 5.34. The summed E-state index contributed by atoms with van der Waals surface area (Å²) in [5, 5.41) is 8.81. The van der Waals surface area contributed by atoms with Gasteiger partial charge >= 0.3 is 6.18 Å². The Balaban J connectivity index is 1.34. The molecule has 0 radical (unpaired) electrons. The molecule has 1 fully saturated rings. The summed E-state index contributed by atoms with van der Waals surface area (Å²) in [6.07, 6.45) is 0.908. The topological polar surface area (TPSA) is 135 Å². The van der Waals surface area contributed by atoms with Gasteiger partial charge in [-0.25, -0.2) is 14.4 Å². The summed E-state index contributed by atoms with van der Waals surface area (Å²) in [6.45, 7) is 1.38. The predicted molar refractivity (Wildman–Crippen MR) is 141 cm³/mol. The number of rotatable bonds is 11. The standard InChI is InChI=1S/C26H28F4N8O2/c1-38(2)8-7-32-15-19(12-31)35-24-33-13-18(14-34-24)16-3-4-17(20(27)9-16)10-23(39)36-22-11-21(40-37-22)25(5-6-25)26(28,29)30/h3-4,9,11-15H,5-8,10,31H2,1-2H3,(H,33,34,35)(H,36,37,39). The van der Waals surface area contributed by atoms with Gasteiger partial charge in [-0.1, -0.05) is 17.3 Å². The molecule has 0 saturated heterocycles. The van der Waals surface area contributed by atoms with Crippen molar-refractivity contribution in [1.29, 1.82) is 0 Å². The fourth-order valence-corrected chi connectivity index (χ4v) is 3.79. The quantitative estimate of drug-likeness (QED) is 0.238. The Hall–Kier alpha value is -4.33. The van der Waals surface area contributed by atoms with Crippen molar-refractivity contribution < 1.29 is 26.9 Å². The molecule has 2 aromatic heterocycles. The van der Waals surface area contributed by atoms with Gasteiger partial charge in [-0.05, 0) is 44.1 Å². The van der Waals surface area contributed by atoms with E-state index in [9.17, 15) is 22.4 Å². The van der Waals surface area contributed by atoms with Crippen molar-refractivity contribution in [3.63, 3.8) is 0 Å². The van der Waals surface area contributed by atoms with Crippen LogP contribution in [0.4, 0.5) is 29.3 Å². The molecule has 1 aliphatic carbocycles. The highest BCUT2D eigenvalue weighted by atomic mass is 19.4. The van der Waals surface area contributed by atoms with Crippen molar-refractivity contribution in [3.8, 4) is 11.1 Å². The second-order valence-corrected chi connectivity index (χ2v) is 9.57. The van der Waals surface area contributed by atoms with Crippen LogP contribution in [-0.4, -0.2) is 65.5 Å². The molecule has 1 amide bonds. The minimum absolute atomic E-state index is 0.0874. The number of alkyl halides is 3. The number of carbonyl (C=O) groups excluding carboxylic acids is 1. The average Bonchev–Trinajstić information content (AvgIpc) is 3.61. The number of allylic oxidation sites excluding steroid dienone is 1. The Kier molecular flexibility index (Phi) is 8.47. The summed E-state index contributed by atoms with van der Waals surface area (Å²) in [5.74, 6) is -1.54. The number of likely N-dealkylation sites (N-methyl/N-ethyl adjacent to an activating group) is 1. The van der Waals surface area contributed by atoms with E-state index in [0.717, 1.165) is 12.6 Å². The lowest BCUT2D eigenvalue weighted by Crippen LogP contribution is -2.28. The van der Waals surface area contributed by atoms with E-state index in [1.807, 2.05) is 19.0 Å². The molecule has 1 saturated carbocycles. The Morgan fingerprint density at radius 2 is 1.90 bits per heavy atom. The number of hydrogen-bond acceptors (Lipinski definition) is 9. The molecule has 4 rings (SSSR count). The number of aromatic nitrogens is 3. The average molecular weight is 561 g/mol. The van der Waals surface area contributed by atoms with Gasteiger partial charge in [0, 0.05) is 43.0 Å². The molecule has 0 atom stereocenters. The molecule has 14 heteroatoms. The zero-order chi connectivity index (χ0) is 28.9. The zero-order valence-corrected chi connectivity index (χ0v) is 21.8. The maximum atomic E-state index is 14.8. The summed E-state index contributed by atoms with van der Waals surface area (Å²) in [5.41, 5.74) is 5.19. The third-order valence-electron chi connectivity index (χ3n) is 6.27. The summed E-state index contributed by atoms with van der Waals surface area (Å²) < 4.78 is 59.4. The van der Waals surface area contributed by atoms with E-state index < -0.39 is 23.3 Å². The second-order valence-electron chi connectivity index (χ2n) is 9.57. The molecule has 0 aliphatic heterocycles. The van der Waals surface area contributed by atoms with E-state index in [1.54, 1.807) is 12.3 Å². The lowest BCUT2D eigenvalue weighted by molar-refractivity contribution is -0.165. The van der Waals surface area contributed by atoms with Gasteiger partial charge in [-0.2, -0.15) is 13.2 Å². The number of benzene rings is 1. The first-order chi connectivity index (χ1) is 19.0. The minimum atomic E-state index is -4.47. The molecule has 0 unspecified atom stereocenters. The van der Waals surface area contributed by atoms with Crippen molar-refractivity contribution in [2.24, 2.45) is 10.7 Å². The van der Waals surface area contributed by atoms with Gasteiger partial charge in [0.1, 0.15) is 11.2 Å². The summed E-state index contributed by atoms with van der Waals surface area (Å²) in [4.78, 5) is 27.1. The number of halogens is 4. The van der Waals surface area contributed by atoms with Crippen LogP contribution in [0.1, 0.15) is 24.2 Å². The van der Waals surface area contributed by atoms with Gasteiger partial charge in [-0.3, -0.25) is 9.79 Å². The molecule has 1 aliphatic rings. The first kappa shape index (κ1) is 28.7. The molecule has 3 aromatic rings. The SMILES string of the molecule is CN(C)CCN=CC(=CN)Nc1ncc(-c2ccc(CC(=O)Nc3cc(C4(C(F)(F)F)CC4)on3)c(F)c2)cn1. The molecule has 40 heavy (non-hydrogen) atoms. The highest BCUT2D eigenvalue weighted by Crippen LogP contribution is 2.59. The van der Waals surface area contributed by atoms with Gasteiger partial charge < -0.3 is 25.8 Å². The first-order valence-corrected chi connectivity index (χ1v) is 12.3. The molecule has 4 N–H and O–H groups in total. The van der Waals surface area contributed by atoms with Crippen LogP contribution in [0.2, 0.25) is 0 Å². The number of nitrogens with one attached hydrogen (secondary N) is 2. The molecule has 212 valence electrons. The lowest BCUT2D eigenvalue weighted by Gasteiger charge is -2.14. The Labute approximate surface area is 227 Å². The van der Waals surface area contributed by atoms with Crippen LogP contribution in [0.5, 0.6) is 0 Å². The number of aliphatic imine (C=N–C) groups is 1. The van der Waals surface area contributed by atoms with Gasteiger partial charge in [-0.15, -0.1) is 0 Å². The third kappa shape index (κ3) is 6.81. The summed E-state index contributed by atoms with van der Waals surface area (Å²) >= 11 is 0. The lowest BCUT2D eigenvalue weighted by atomic mass is 10.0. The molecule has 10 nitrogen and oxygen atoms in total. The van der Waals surface area contributed by atoms with Crippen LogP contribution in [0.3, 0.4) is 0 Å². The number of carbonyl (C=O) groups is 1. The van der Waals surface area contributed by atoms with Gasteiger partial charge in [0.25, 0.3) is 0 Å². The first-order valence-electron chi connectivity index (χ1n) is 12.3. The van der Waals surface area contributed by atoms with Crippen molar-refractivity contribution in [1.82, 2.24) is 20.0 Å². The molecular weight excluding hydrogens is 532 g/mol. The van der Waals surface area contributed by atoms with Crippen LogP contribution in [0.25, 0.3) is 11.1 Å². The maximum Gasteiger partial charge on any atom is 0.401 e. The minimum Gasteiger partial charge on any atom is -0.403 e. The molecule has 0 spiro atoms. The molecule has 2 heterocycles. The Morgan fingerprint density at radius 1 is 1.18 bits per heavy atom. The van der Waals surface area contributed by atoms with Crippen LogP contribution in [-0.2, 0) is 16.6 Å². The maximum absolute atomic E-state index is 14.8. The highest BCUT2D eigenvalue weighted by molar-refractivity contribution is 5.91. The smallest absolute Gasteiger partial charge is 0.401 e. The number of nitrogens with two attached hydrogens (primary N) is 1.